The first kappa shape index (κ1) is 11.3. The molecular formula is C10H22N2S. The first-order valence-electron chi connectivity index (χ1n) is 5.13. The maximum atomic E-state index is 3.19. The number of thioether (sulfide) groups is 1. The van der Waals surface area contributed by atoms with Crippen LogP contribution in [0.4, 0.5) is 0 Å². The Labute approximate surface area is 86.5 Å². The van der Waals surface area contributed by atoms with Crippen molar-refractivity contribution in [1.82, 2.24) is 10.2 Å². The third-order valence-corrected chi connectivity index (χ3v) is 4.17. The zero-order chi connectivity index (χ0) is 9.73. The molecule has 78 valence electrons. The molecule has 0 saturated carbocycles. The molecule has 0 spiro atoms. The monoisotopic (exact) mass is 202 g/mol. The molecule has 1 saturated heterocycles. The maximum absolute atomic E-state index is 3.19. The standard InChI is InChI=1S/C10H22N2S/c1-10(5-4-8-13-10)9-12(3)7-6-11-2/h11H,4-9H2,1-3H3. The van der Waals surface area contributed by atoms with Gasteiger partial charge < -0.3 is 10.2 Å². The molecule has 1 N–H and O–H groups in total. The van der Waals surface area contributed by atoms with E-state index in [2.05, 4.69) is 35.9 Å². The van der Waals surface area contributed by atoms with Gasteiger partial charge in [0.25, 0.3) is 0 Å². The van der Waals surface area contributed by atoms with Gasteiger partial charge in [-0.3, -0.25) is 0 Å². The number of nitrogens with one attached hydrogen (secondary N) is 1. The fourth-order valence-corrected chi connectivity index (χ4v) is 3.30. The lowest BCUT2D eigenvalue weighted by molar-refractivity contribution is 0.301. The summed E-state index contributed by atoms with van der Waals surface area (Å²) in [7, 11) is 4.24. The van der Waals surface area contributed by atoms with Crippen LogP contribution >= 0.6 is 11.8 Å². The van der Waals surface area contributed by atoms with Gasteiger partial charge in [-0.2, -0.15) is 11.8 Å². The molecule has 1 unspecified atom stereocenters. The maximum Gasteiger partial charge on any atom is 0.0259 e. The number of hydrogen-bond donors (Lipinski definition) is 1. The average Bonchev–Trinajstić information content (AvgIpc) is 2.48. The Morgan fingerprint density at radius 3 is 2.85 bits per heavy atom. The number of nitrogens with zero attached hydrogens (tertiary/aromatic N) is 1. The van der Waals surface area contributed by atoms with Crippen LogP contribution < -0.4 is 5.32 Å². The fourth-order valence-electron chi connectivity index (χ4n) is 1.91. The molecule has 3 heteroatoms. The first-order valence-corrected chi connectivity index (χ1v) is 6.12. The van der Waals surface area contributed by atoms with Gasteiger partial charge in [-0.1, -0.05) is 0 Å². The summed E-state index contributed by atoms with van der Waals surface area (Å²) >= 11 is 2.14. The fraction of sp³-hybridized carbons (Fsp3) is 1.00. The lowest BCUT2D eigenvalue weighted by atomic mass is 10.1. The first-order chi connectivity index (χ1) is 6.16. The summed E-state index contributed by atoms with van der Waals surface area (Å²) in [5, 5.41) is 3.19. The summed E-state index contributed by atoms with van der Waals surface area (Å²) in [6.07, 6.45) is 2.79. The predicted molar refractivity (Wildman–Crippen MR) is 61.5 cm³/mol. The summed E-state index contributed by atoms with van der Waals surface area (Å²) in [6, 6.07) is 0. The van der Waals surface area contributed by atoms with Gasteiger partial charge in [-0.05, 0) is 39.6 Å². The molecular weight excluding hydrogens is 180 g/mol. The average molecular weight is 202 g/mol. The van der Waals surface area contributed by atoms with Gasteiger partial charge in [-0.25, -0.2) is 0 Å². The van der Waals surface area contributed by atoms with Crippen LogP contribution in [0.25, 0.3) is 0 Å². The highest BCUT2D eigenvalue weighted by Crippen LogP contribution is 2.37. The SMILES string of the molecule is CNCCN(C)CC1(C)CCCS1. The van der Waals surface area contributed by atoms with Crippen LogP contribution in [0.5, 0.6) is 0 Å². The van der Waals surface area contributed by atoms with Gasteiger partial charge in [0.05, 0.1) is 0 Å². The van der Waals surface area contributed by atoms with Crippen LogP contribution in [0.2, 0.25) is 0 Å². The van der Waals surface area contributed by atoms with Crippen LogP contribution in [0.3, 0.4) is 0 Å². The van der Waals surface area contributed by atoms with E-state index in [1.54, 1.807) is 0 Å². The zero-order valence-electron chi connectivity index (χ0n) is 9.10. The van der Waals surface area contributed by atoms with E-state index < -0.39 is 0 Å². The van der Waals surface area contributed by atoms with Crippen LogP contribution in [-0.4, -0.2) is 49.1 Å². The predicted octanol–water partition coefficient (Wildman–Crippen LogP) is 1.42. The molecule has 0 aromatic carbocycles. The van der Waals surface area contributed by atoms with Gasteiger partial charge in [-0.15, -0.1) is 0 Å². The third-order valence-electron chi connectivity index (χ3n) is 2.65. The summed E-state index contributed by atoms with van der Waals surface area (Å²) in [5.41, 5.74) is 0. The topological polar surface area (TPSA) is 15.3 Å². The summed E-state index contributed by atoms with van der Waals surface area (Å²) in [5.74, 6) is 1.36. The minimum absolute atomic E-state index is 0.530. The molecule has 1 fully saturated rings. The molecule has 1 heterocycles. The van der Waals surface area contributed by atoms with E-state index in [0.717, 1.165) is 13.1 Å². The molecule has 1 aliphatic rings. The van der Waals surface area contributed by atoms with Crippen molar-refractivity contribution in [3.05, 3.63) is 0 Å². The largest absolute Gasteiger partial charge is 0.318 e. The molecule has 0 aromatic rings. The summed E-state index contributed by atoms with van der Waals surface area (Å²) < 4.78 is 0.530. The Balaban J connectivity index is 2.21. The van der Waals surface area contributed by atoms with Gasteiger partial charge in [0.2, 0.25) is 0 Å². The van der Waals surface area contributed by atoms with Gasteiger partial charge in [0.1, 0.15) is 0 Å². The van der Waals surface area contributed by atoms with Crippen molar-refractivity contribution in [3.8, 4) is 0 Å². The van der Waals surface area contributed by atoms with Crippen molar-refractivity contribution >= 4 is 11.8 Å². The summed E-state index contributed by atoms with van der Waals surface area (Å²) in [6.45, 7) is 5.89. The third kappa shape index (κ3) is 3.88. The quantitative estimate of drug-likeness (QED) is 0.726. The minimum atomic E-state index is 0.530. The van der Waals surface area contributed by atoms with E-state index in [9.17, 15) is 0 Å². The van der Waals surface area contributed by atoms with E-state index in [1.165, 1.54) is 25.1 Å². The molecule has 0 amide bonds. The second kappa shape index (κ2) is 5.23. The van der Waals surface area contributed by atoms with Crippen molar-refractivity contribution in [1.29, 1.82) is 0 Å². The molecule has 0 aromatic heterocycles. The van der Waals surface area contributed by atoms with Crippen molar-refractivity contribution in [2.24, 2.45) is 0 Å². The smallest absolute Gasteiger partial charge is 0.0259 e. The second-order valence-electron chi connectivity index (χ2n) is 4.24. The molecule has 2 nitrogen and oxygen atoms in total. The Hall–Kier alpha value is 0.270. The van der Waals surface area contributed by atoms with Crippen molar-refractivity contribution in [2.75, 3.05) is 39.5 Å². The lowest BCUT2D eigenvalue weighted by Gasteiger charge is -2.28. The lowest BCUT2D eigenvalue weighted by Crippen LogP contribution is -2.37. The number of hydrogen-bond acceptors (Lipinski definition) is 3. The van der Waals surface area contributed by atoms with Gasteiger partial charge in [0.15, 0.2) is 0 Å². The molecule has 0 bridgehead atoms. The summed E-state index contributed by atoms with van der Waals surface area (Å²) in [4.78, 5) is 2.44. The van der Waals surface area contributed by atoms with Crippen molar-refractivity contribution < 1.29 is 0 Å². The van der Waals surface area contributed by atoms with Crippen LogP contribution in [0.1, 0.15) is 19.8 Å². The second-order valence-corrected chi connectivity index (χ2v) is 5.93. The number of rotatable bonds is 5. The van der Waals surface area contributed by atoms with Crippen LogP contribution in [0, 0.1) is 0 Å². The molecule has 1 atom stereocenters. The molecule has 0 radical (unpaired) electrons. The van der Waals surface area contributed by atoms with Crippen LogP contribution in [0.15, 0.2) is 0 Å². The van der Waals surface area contributed by atoms with Gasteiger partial charge >= 0.3 is 0 Å². The van der Waals surface area contributed by atoms with E-state index in [0.29, 0.717) is 4.75 Å². The normalized spacial score (nSPS) is 28.6. The van der Waals surface area contributed by atoms with Crippen molar-refractivity contribution in [2.45, 2.75) is 24.5 Å². The molecule has 1 rings (SSSR count). The van der Waals surface area contributed by atoms with E-state index in [4.69, 9.17) is 0 Å². The van der Waals surface area contributed by atoms with Crippen molar-refractivity contribution in [3.63, 3.8) is 0 Å². The van der Waals surface area contributed by atoms with Crippen LogP contribution in [-0.2, 0) is 0 Å². The Morgan fingerprint density at radius 2 is 2.31 bits per heavy atom. The molecule has 13 heavy (non-hydrogen) atoms. The Morgan fingerprint density at radius 1 is 1.54 bits per heavy atom. The van der Waals surface area contributed by atoms with Gasteiger partial charge in [0, 0.05) is 24.4 Å². The highest BCUT2D eigenvalue weighted by Gasteiger charge is 2.30. The van der Waals surface area contributed by atoms with E-state index >= 15 is 0 Å². The Kier molecular flexibility index (Phi) is 4.56. The molecule has 0 aliphatic carbocycles. The molecule has 1 aliphatic heterocycles. The van der Waals surface area contributed by atoms with E-state index in [1.807, 2.05) is 7.05 Å². The van der Waals surface area contributed by atoms with E-state index in [-0.39, 0.29) is 0 Å². The number of likely N-dealkylation sites (N-methyl/N-ethyl adjacent to an activating group) is 2. The Bertz CT molecular complexity index is 144. The zero-order valence-corrected chi connectivity index (χ0v) is 9.91. The highest BCUT2D eigenvalue weighted by molar-refractivity contribution is 8.00. The minimum Gasteiger partial charge on any atom is -0.318 e. The highest BCUT2D eigenvalue weighted by atomic mass is 32.2.